The molecule has 6 heteroatoms. The van der Waals surface area contributed by atoms with Crippen LogP contribution < -0.4 is 4.90 Å². The summed E-state index contributed by atoms with van der Waals surface area (Å²) in [5, 5.41) is 5.37. The Balaban J connectivity index is 1.81. The van der Waals surface area contributed by atoms with Crippen LogP contribution in [0.15, 0.2) is 6.20 Å². The molecule has 0 spiro atoms. The number of fused-ring (bicyclic) bond motifs is 2. The lowest BCUT2D eigenvalue weighted by molar-refractivity contribution is 0.177. The first-order valence-electron chi connectivity index (χ1n) is 7.33. The van der Waals surface area contributed by atoms with Crippen molar-refractivity contribution in [3.05, 3.63) is 12.0 Å². The standard InChI is InChI=1S/C15H17N5O/c1-3-13-17-14(12-5-16-20(4-2)15(12)18-13)19-6-10-8-21-9-11(10)7-19/h1,5,10-11H,4,6-9H2,2H3/t10-,11+. The maximum atomic E-state index is 5.54. The summed E-state index contributed by atoms with van der Waals surface area (Å²) in [6.07, 6.45) is 7.36. The average molecular weight is 283 g/mol. The molecule has 2 aliphatic rings. The summed E-state index contributed by atoms with van der Waals surface area (Å²) in [4.78, 5) is 11.3. The van der Waals surface area contributed by atoms with Crippen LogP contribution in [0.1, 0.15) is 12.7 Å². The van der Waals surface area contributed by atoms with Crippen LogP contribution in [0.3, 0.4) is 0 Å². The molecule has 0 bridgehead atoms. The molecular weight excluding hydrogens is 266 g/mol. The van der Waals surface area contributed by atoms with Gasteiger partial charge in [-0.1, -0.05) is 0 Å². The molecule has 2 saturated heterocycles. The maximum Gasteiger partial charge on any atom is 0.208 e. The van der Waals surface area contributed by atoms with Crippen LogP contribution in [-0.2, 0) is 11.3 Å². The largest absolute Gasteiger partial charge is 0.381 e. The fourth-order valence-electron chi connectivity index (χ4n) is 3.34. The number of aryl methyl sites for hydroxylation is 1. The summed E-state index contributed by atoms with van der Waals surface area (Å²) in [6, 6.07) is 0. The zero-order valence-electron chi connectivity index (χ0n) is 12.0. The van der Waals surface area contributed by atoms with E-state index >= 15 is 0 Å². The SMILES string of the molecule is C#Cc1nc(N2C[C@H]3COC[C@H]3C2)c2cnn(CC)c2n1. The van der Waals surface area contributed by atoms with E-state index in [-0.39, 0.29) is 0 Å². The van der Waals surface area contributed by atoms with E-state index in [4.69, 9.17) is 11.2 Å². The molecule has 0 aliphatic carbocycles. The van der Waals surface area contributed by atoms with Crippen molar-refractivity contribution in [3.8, 4) is 12.3 Å². The average Bonchev–Trinajstić information content (AvgIpc) is 3.19. The second-order valence-electron chi connectivity index (χ2n) is 5.68. The summed E-state index contributed by atoms with van der Waals surface area (Å²) >= 11 is 0. The Labute approximate surface area is 123 Å². The quantitative estimate of drug-likeness (QED) is 0.767. The number of anilines is 1. The van der Waals surface area contributed by atoms with Crippen molar-refractivity contribution in [1.29, 1.82) is 0 Å². The van der Waals surface area contributed by atoms with Gasteiger partial charge in [-0.15, -0.1) is 6.42 Å². The molecule has 4 heterocycles. The van der Waals surface area contributed by atoms with Crippen molar-refractivity contribution in [1.82, 2.24) is 19.7 Å². The van der Waals surface area contributed by atoms with Crippen molar-refractivity contribution in [3.63, 3.8) is 0 Å². The molecule has 108 valence electrons. The Morgan fingerprint density at radius 3 is 2.76 bits per heavy atom. The smallest absolute Gasteiger partial charge is 0.208 e. The molecule has 0 unspecified atom stereocenters. The summed E-state index contributed by atoms with van der Waals surface area (Å²) in [5.41, 5.74) is 0.823. The van der Waals surface area contributed by atoms with Crippen molar-refractivity contribution in [2.75, 3.05) is 31.2 Å². The van der Waals surface area contributed by atoms with Crippen LogP contribution in [0, 0.1) is 24.2 Å². The van der Waals surface area contributed by atoms with Gasteiger partial charge < -0.3 is 9.64 Å². The zero-order valence-corrected chi connectivity index (χ0v) is 12.0. The lowest BCUT2D eigenvalue weighted by Gasteiger charge is -2.19. The predicted molar refractivity (Wildman–Crippen MR) is 78.9 cm³/mol. The lowest BCUT2D eigenvalue weighted by atomic mass is 10.0. The molecule has 4 rings (SSSR count). The van der Waals surface area contributed by atoms with Crippen LogP contribution in [0.25, 0.3) is 11.0 Å². The van der Waals surface area contributed by atoms with Gasteiger partial charge in [0.1, 0.15) is 5.82 Å². The summed E-state index contributed by atoms with van der Waals surface area (Å²) in [6.45, 7) is 6.46. The summed E-state index contributed by atoms with van der Waals surface area (Å²) in [5.74, 6) is 5.11. The van der Waals surface area contributed by atoms with Crippen LogP contribution in [-0.4, -0.2) is 46.1 Å². The van der Waals surface area contributed by atoms with Gasteiger partial charge in [0.25, 0.3) is 0 Å². The van der Waals surface area contributed by atoms with E-state index in [2.05, 4.69) is 25.9 Å². The Hall–Kier alpha value is -2.13. The predicted octanol–water partition coefficient (Wildman–Crippen LogP) is 0.910. The van der Waals surface area contributed by atoms with Gasteiger partial charge >= 0.3 is 0 Å². The first-order chi connectivity index (χ1) is 10.3. The first-order valence-corrected chi connectivity index (χ1v) is 7.33. The monoisotopic (exact) mass is 283 g/mol. The molecule has 2 aliphatic heterocycles. The molecule has 0 aromatic carbocycles. The second-order valence-corrected chi connectivity index (χ2v) is 5.68. The highest BCUT2D eigenvalue weighted by atomic mass is 16.5. The van der Waals surface area contributed by atoms with E-state index < -0.39 is 0 Å². The first kappa shape index (κ1) is 12.6. The highest BCUT2D eigenvalue weighted by molar-refractivity contribution is 5.87. The number of nitrogens with zero attached hydrogens (tertiary/aromatic N) is 5. The maximum absolute atomic E-state index is 5.54. The molecule has 2 fully saturated rings. The fraction of sp³-hybridized carbons (Fsp3) is 0.533. The Morgan fingerprint density at radius 1 is 1.33 bits per heavy atom. The van der Waals surface area contributed by atoms with Gasteiger partial charge in [-0.25, -0.2) is 14.6 Å². The van der Waals surface area contributed by atoms with Gasteiger partial charge in [0.15, 0.2) is 5.65 Å². The van der Waals surface area contributed by atoms with Crippen LogP contribution >= 0.6 is 0 Å². The van der Waals surface area contributed by atoms with Gasteiger partial charge in [0, 0.05) is 31.5 Å². The van der Waals surface area contributed by atoms with Gasteiger partial charge in [-0.05, 0) is 12.8 Å². The third-order valence-electron chi connectivity index (χ3n) is 4.44. The van der Waals surface area contributed by atoms with Gasteiger partial charge in [0.2, 0.25) is 5.82 Å². The van der Waals surface area contributed by atoms with Gasteiger partial charge in [0.05, 0.1) is 24.8 Å². The van der Waals surface area contributed by atoms with Crippen LogP contribution in [0.4, 0.5) is 5.82 Å². The normalized spacial score (nSPS) is 24.5. The van der Waals surface area contributed by atoms with E-state index in [1.165, 1.54) is 0 Å². The molecular formula is C15H17N5O. The number of hydrogen-bond donors (Lipinski definition) is 0. The van der Waals surface area contributed by atoms with E-state index in [1.54, 1.807) is 0 Å². The van der Waals surface area contributed by atoms with Gasteiger partial charge in [-0.2, -0.15) is 5.10 Å². The van der Waals surface area contributed by atoms with Crippen molar-refractivity contribution < 1.29 is 4.74 Å². The van der Waals surface area contributed by atoms with Crippen molar-refractivity contribution in [2.45, 2.75) is 13.5 Å². The van der Waals surface area contributed by atoms with E-state index in [0.717, 1.165) is 49.7 Å². The minimum Gasteiger partial charge on any atom is -0.381 e. The van der Waals surface area contributed by atoms with Crippen LogP contribution in [0.2, 0.25) is 0 Å². The minimum atomic E-state index is 0.431. The number of hydrogen-bond acceptors (Lipinski definition) is 5. The van der Waals surface area contributed by atoms with Gasteiger partial charge in [-0.3, -0.25) is 0 Å². The fourth-order valence-corrected chi connectivity index (χ4v) is 3.34. The Bertz CT molecular complexity index is 719. The molecule has 21 heavy (non-hydrogen) atoms. The number of aromatic nitrogens is 4. The number of ether oxygens (including phenoxy) is 1. The topological polar surface area (TPSA) is 56.1 Å². The highest BCUT2D eigenvalue weighted by Crippen LogP contribution is 2.34. The molecule has 0 N–H and O–H groups in total. The summed E-state index contributed by atoms with van der Waals surface area (Å²) in [7, 11) is 0. The third-order valence-corrected chi connectivity index (χ3v) is 4.44. The number of terminal acetylenes is 1. The van der Waals surface area contributed by atoms with Crippen molar-refractivity contribution in [2.24, 2.45) is 11.8 Å². The molecule has 0 amide bonds. The van der Waals surface area contributed by atoms with E-state index in [1.807, 2.05) is 17.8 Å². The Kier molecular flexibility index (Phi) is 2.82. The lowest BCUT2D eigenvalue weighted by Crippen LogP contribution is -2.24. The third kappa shape index (κ3) is 1.88. The summed E-state index contributed by atoms with van der Waals surface area (Å²) < 4.78 is 7.40. The molecule has 0 radical (unpaired) electrons. The van der Waals surface area contributed by atoms with E-state index in [0.29, 0.717) is 17.7 Å². The minimum absolute atomic E-state index is 0.431. The molecule has 6 nitrogen and oxygen atoms in total. The van der Waals surface area contributed by atoms with Crippen LogP contribution in [0.5, 0.6) is 0 Å². The molecule has 0 saturated carbocycles. The Morgan fingerprint density at radius 2 is 2.10 bits per heavy atom. The highest BCUT2D eigenvalue weighted by Gasteiger charge is 2.38. The number of rotatable bonds is 2. The zero-order chi connectivity index (χ0) is 14.4. The van der Waals surface area contributed by atoms with E-state index in [9.17, 15) is 0 Å². The molecule has 2 aromatic heterocycles. The molecule has 2 atom stereocenters. The second kappa shape index (κ2) is 4.71. The molecule has 2 aromatic rings. The van der Waals surface area contributed by atoms with Crippen molar-refractivity contribution >= 4 is 16.9 Å².